The fourth-order valence-corrected chi connectivity index (χ4v) is 7.64. The van der Waals surface area contributed by atoms with Gasteiger partial charge in [-0.3, -0.25) is 0 Å². The lowest BCUT2D eigenvalue weighted by Gasteiger charge is -2.27. The number of hydrogen-bond acceptors (Lipinski definition) is 3. The van der Waals surface area contributed by atoms with E-state index in [9.17, 15) is 0 Å². The number of amidine groups is 2. The first-order chi connectivity index (χ1) is 23.0. The summed E-state index contributed by atoms with van der Waals surface area (Å²) >= 11 is 0. The molecule has 0 saturated heterocycles. The normalized spacial score (nSPS) is 20.7. The van der Waals surface area contributed by atoms with E-state index in [1.807, 2.05) is 6.07 Å². The van der Waals surface area contributed by atoms with Gasteiger partial charge in [0.2, 0.25) is 0 Å². The summed E-state index contributed by atoms with van der Waals surface area (Å²) in [5.74, 6) is 1.92. The highest BCUT2D eigenvalue weighted by atomic mass is 15.2. The summed E-state index contributed by atoms with van der Waals surface area (Å²) in [6, 6.07) is 33.4. The Morgan fingerprint density at radius 3 is 2.28 bits per heavy atom. The number of aryl methyl sites for hydroxylation is 1. The van der Waals surface area contributed by atoms with Crippen molar-refractivity contribution in [3.8, 4) is 22.3 Å². The minimum absolute atomic E-state index is 0.0701. The van der Waals surface area contributed by atoms with Gasteiger partial charge < -0.3 is 5.32 Å². The highest BCUT2D eigenvalue weighted by molar-refractivity contribution is 6.14. The third-order valence-electron chi connectivity index (χ3n) is 10.3. The fourth-order valence-electron chi connectivity index (χ4n) is 7.64. The Morgan fingerprint density at radius 1 is 0.766 bits per heavy atom. The van der Waals surface area contributed by atoms with Crippen LogP contribution in [0.15, 0.2) is 149 Å². The summed E-state index contributed by atoms with van der Waals surface area (Å²) < 4.78 is 0. The lowest BCUT2D eigenvalue weighted by molar-refractivity contribution is 0.657. The Balaban J connectivity index is 1.16. The predicted molar refractivity (Wildman–Crippen MR) is 197 cm³/mol. The van der Waals surface area contributed by atoms with Crippen molar-refractivity contribution in [2.75, 3.05) is 0 Å². The van der Waals surface area contributed by atoms with E-state index in [0.717, 1.165) is 48.5 Å². The third-order valence-corrected chi connectivity index (χ3v) is 10.3. The van der Waals surface area contributed by atoms with E-state index < -0.39 is 0 Å². The summed E-state index contributed by atoms with van der Waals surface area (Å²) in [5.41, 5.74) is 14.3. The van der Waals surface area contributed by atoms with Crippen molar-refractivity contribution in [1.29, 1.82) is 0 Å². The van der Waals surface area contributed by atoms with E-state index in [4.69, 9.17) is 9.98 Å². The largest absolute Gasteiger partial charge is 0.344 e. The molecule has 0 radical (unpaired) electrons. The molecule has 1 heterocycles. The van der Waals surface area contributed by atoms with Crippen molar-refractivity contribution < 1.29 is 0 Å². The summed E-state index contributed by atoms with van der Waals surface area (Å²) in [7, 11) is 0. The Hall–Kier alpha value is -5.02. The van der Waals surface area contributed by atoms with Crippen molar-refractivity contribution in [2.24, 2.45) is 9.98 Å². The molecular weight excluding hydrogens is 571 g/mol. The molecule has 0 saturated carbocycles. The van der Waals surface area contributed by atoms with Crippen molar-refractivity contribution >= 4 is 11.7 Å². The van der Waals surface area contributed by atoms with Crippen molar-refractivity contribution in [3.05, 3.63) is 166 Å². The molecule has 4 aliphatic rings. The maximum absolute atomic E-state index is 5.17. The predicted octanol–water partition coefficient (Wildman–Crippen LogP) is 10.2. The lowest BCUT2D eigenvalue weighted by Crippen LogP contribution is -2.40. The van der Waals surface area contributed by atoms with Crippen LogP contribution in [-0.2, 0) is 11.8 Å². The first-order valence-electron chi connectivity index (χ1n) is 17.1. The molecule has 3 heteroatoms. The molecule has 47 heavy (non-hydrogen) atoms. The molecule has 0 amide bonds. The molecule has 0 bridgehead atoms. The van der Waals surface area contributed by atoms with Gasteiger partial charge in [-0.1, -0.05) is 142 Å². The minimum Gasteiger partial charge on any atom is -0.344 e. The van der Waals surface area contributed by atoms with Crippen LogP contribution in [-0.4, -0.2) is 17.8 Å². The van der Waals surface area contributed by atoms with Crippen LogP contribution in [0, 0.1) is 0 Å². The highest BCUT2D eigenvalue weighted by Crippen LogP contribution is 2.51. The smallest absolute Gasteiger partial charge is 0.159 e. The van der Waals surface area contributed by atoms with E-state index in [-0.39, 0.29) is 17.5 Å². The zero-order valence-corrected chi connectivity index (χ0v) is 27.5. The van der Waals surface area contributed by atoms with Crippen LogP contribution >= 0.6 is 0 Å². The molecular formula is C44H41N3. The van der Waals surface area contributed by atoms with Crippen molar-refractivity contribution in [2.45, 2.75) is 64.0 Å². The van der Waals surface area contributed by atoms with Crippen LogP contribution in [0.2, 0.25) is 0 Å². The minimum atomic E-state index is -0.156. The van der Waals surface area contributed by atoms with E-state index in [0.29, 0.717) is 0 Å². The van der Waals surface area contributed by atoms with Crippen LogP contribution in [0.4, 0.5) is 0 Å². The number of fused-ring (bicyclic) bond motifs is 3. The molecule has 4 aromatic rings. The van der Waals surface area contributed by atoms with E-state index in [1.165, 1.54) is 50.1 Å². The van der Waals surface area contributed by atoms with Crippen LogP contribution in [0.1, 0.15) is 73.8 Å². The highest BCUT2D eigenvalue weighted by Gasteiger charge is 2.37. The monoisotopic (exact) mass is 611 g/mol. The van der Waals surface area contributed by atoms with Gasteiger partial charge in [-0.2, -0.15) is 0 Å². The van der Waals surface area contributed by atoms with Gasteiger partial charge in [0.05, 0.1) is 0 Å². The van der Waals surface area contributed by atoms with Crippen molar-refractivity contribution in [3.63, 3.8) is 0 Å². The Bertz CT molecular complexity index is 2040. The van der Waals surface area contributed by atoms with Gasteiger partial charge in [0.25, 0.3) is 0 Å². The van der Waals surface area contributed by atoms with Gasteiger partial charge in [-0.15, -0.1) is 0 Å². The average Bonchev–Trinajstić information content (AvgIpc) is 3.36. The lowest BCUT2D eigenvalue weighted by atomic mass is 9.79. The molecule has 0 aromatic heterocycles. The van der Waals surface area contributed by atoms with Crippen LogP contribution in [0.3, 0.4) is 0 Å². The fraction of sp³-hybridized carbons (Fsp3) is 0.227. The molecule has 8 rings (SSSR count). The van der Waals surface area contributed by atoms with E-state index >= 15 is 0 Å². The molecule has 4 aromatic carbocycles. The Kier molecular flexibility index (Phi) is 7.48. The summed E-state index contributed by atoms with van der Waals surface area (Å²) in [4.78, 5) is 10.3. The molecule has 0 spiro atoms. The SMILES string of the molecule is CCc1cc2c(cc1-c1ccccc1)-c1ccc(C3C=C(C4=NC(C5=CCCC=C5)NC(c5ccccc5)=N4)C=CC3)cc1C2(C)C. The van der Waals surface area contributed by atoms with Gasteiger partial charge >= 0.3 is 0 Å². The van der Waals surface area contributed by atoms with Gasteiger partial charge in [-0.25, -0.2) is 9.98 Å². The van der Waals surface area contributed by atoms with Gasteiger partial charge in [0.1, 0.15) is 12.0 Å². The first kappa shape index (κ1) is 29.4. The van der Waals surface area contributed by atoms with E-state index in [1.54, 1.807) is 0 Å². The number of rotatable bonds is 6. The van der Waals surface area contributed by atoms with Gasteiger partial charge in [0, 0.05) is 22.5 Å². The molecule has 1 aliphatic heterocycles. The van der Waals surface area contributed by atoms with E-state index in [2.05, 4.69) is 147 Å². The maximum Gasteiger partial charge on any atom is 0.159 e. The molecule has 3 nitrogen and oxygen atoms in total. The second kappa shape index (κ2) is 12.0. The number of nitrogens with one attached hydrogen (secondary N) is 1. The second-order valence-corrected chi connectivity index (χ2v) is 13.6. The summed E-state index contributed by atoms with van der Waals surface area (Å²) in [5, 5.41) is 3.61. The van der Waals surface area contributed by atoms with Crippen LogP contribution in [0.25, 0.3) is 22.3 Å². The molecule has 2 unspecified atom stereocenters. The first-order valence-corrected chi connectivity index (χ1v) is 17.1. The second-order valence-electron chi connectivity index (χ2n) is 13.6. The van der Waals surface area contributed by atoms with Gasteiger partial charge in [0.15, 0.2) is 5.84 Å². The Morgan fingerprint density at radius 2 is 1.53 bits per heavy atom. The number of benzene rings is 4. The number of allylic oxidation sites excluding steroid dienone is 4. The molecule has 3 aliphatic carbocycles. The molecule has 2 atom stereocenters. The zero-order chi connectivity index (χ0) is 32.0. The Labute approximate surface area is 278 Å². The topological polar surface area (TPSA) is 36.8 Å². The third kappa shape index (κ3) is 5.34. The molecule has 1 N–H and O–H groups in total. The van der Waals surface area contributed by atoms with Crippen molar-refractivity contribution in [1.82, 2.24) is 5.32 Å². The quantitative estimate of drug-likeness (QED) is 0.231. The molecule has 0 fully saturated rings. The number of nitrogens with zero attached hydrogens (tertiary/aromatic N) is 2. The maximum atomic E-state index is 5.17. The standard InChI is InChI=1S/C44H41N3/c1-4-29-26-40-38(28-37(29)30-15-8-5-9-16-30)36-24-23-34(27-39(36)44(40,2)3)33-21-14-22-35(25-33)43-46-41(31-17-10-6-11-18-31)45-42(47-43)32-19-12-7-13-20-32/h5-6,8-12,14-20,22-28,33,42H,4,7,13,21H2,1-3H3,(H,45,46,47). The molecule has 232 valence electrons. The summed E-state index contributed by atoms with van der Waals surface area (Å²) in [6.07, 6.45) is 17.6. The van der Waals surface area contributed by atoms with Crippen LogP contribution in [0.5, 0.6) is 0 Å². The number of hydrogen-bond donors (Lipinski definition) is 1. The van der Waals surface area contributed by atoms with Gasteiger partial charge in [-0.05, 0) is 81.8 Å². The summed E-state index contributed by atoms with van der Waals surface area (Å²) in [6.45, 7) is 7.05. The van der Waals surface area contributed by atoms with Crippen LogP contribution < -0.4 is 5.32 Å². The zero-order valence-electron chi connectivity index (χ0n) is 27.5. The average molecular weight is 612 g/mol. The number of aliphatic imine (C=N–C) groups is 2.